The molecule has 0 spiro atoms. The van der Waals surface area contributed by atoms with Gasteiger partial charge in [-0.25, -0.2) is 18.0 Å². The van der Waals surface area contributed by atoms with E-state index in [0.29, 0.717) is 18.4 Å². The molecule has 0 aromatic heterocycles. The van der Waals surface area contributed by atoms with E-state index in [2.05, 4.69) is 0 Å². The summed E-state index contributed by atoms with van der Waals surface area (Å²) in [5.41, 5.74) is 1.92. The second kappa shape index (κ2) is 10.9. The summed E-state index contributed by atoms with van der Waals surface area (Å²) in [4.78, 5) is 25.8. The summed E-state index contributed by atoms with van der Waals surface area (Å²) >= 11 is 0. The van der Waals surface area contributed by atoms with E-state index in [4.69, 9.17) is 9.47 Å². The van der Waals surface area contributed by atoms with Gasteiger partial charge < -0.3 is 9.47 Å². The number of fused-ring (bicyclic) bond motifs is 1. The SMILES string of the molecule is CCCCC(=C(C(=O)OC)C(=O)OC)[C@@H]1[C@H](c2cccc3ccccc23)N1S(=O)(=O)c1ccc(C)cc1. The Bertz CT molecular complexity index is 1440. The number of hydrogen-bond acceptors (Lipinski definition) is 6. The summed E-state index contributed by atoms with van der Waals surface area (Å²) in [5, 5.41) is 1.88. The lowest BCUT2D eigenvalue weighted by Crippen LogP contribution is -2.23. The van der Waals surface area contributed by atoms with Crippen molar-refractivity contribution < 1.29 is 27.5 Å². The first-order chi connectivity index (χ1) is 17.8. The predicted octanol–water partition coefficient (Wildman–Crippen LogP) is 5.10. The number of carbonyl (C=O) groups excluding carboxylic acids is 2. The maximum Gasteiger partial charge on any atom is 0.345 e. The van der Waals surface area contributed by atoms with Crippen LogP contribution in [0.3, 0.4) is 0 Å². The van der Waals surface area contributed by atoms with Crippen molar-refractivity contribution in [3.63, 3.8) is 0 Å². The highest BCUT2D eigenvalue weighted by molar-refractivity contribution is 7.89. The van der Waals surface area contributed by atoms with Gasteiger partial charge in [0, 0.05) is 0 Å². The zero-order valence-electron chi connectivity index (χ0n) is 21.4. The Morgan fingerprint density at radius 3 is 2.14 bits per heavy atom. The highest BCUT2D eigenvalue weighted by Crippen LogP contribution is 2.54. The number of esters is 2. The van der Waals surface area contributed by atoms with E-state index in [9.17, 15) is 18.0 Å². The maximum absolute atomic E-state index is 14.0. The van der Waals surface area contributed by atoms with Gasteiger partial charge >= 0.3 is 11.9 Å². The molecule has 0 radical (unpaired) electrons. The number of methoxy groups -OCH3 is 2. The van der Waals surface area contributed by atoms with E-state index in [-0.39, 0.29) is 10.5 Å². The molecule has 4 rings (SSSR count). The van der Waals surface area contributed by atoms with Gasteiger partial charge in [-0.15, -0.1) is 0 Å². The monoisotopic (exact) mass is 521 g/mol. The van der Waals surface area contributed by atoms with E-state index in [1.807, 2.05) is 56.3 Å². The fourth-order valence-corrected chi connectivity index (χ4v) is 6.58. The minimum atomic E-state index is -3.97. The number of ether oxygens (including phenoxy) is 2. The summed E-state index contributed by atoms with van der Waals surface area (Å²) < 4.78 is 39.2. The standard InChI is InChI=1S/C29H31NO6S/c1-5-6-12-24(25(28(31)35-3)29(32)36-4)27-26(23-14-9-11-20-10-7-8-13-22(20)23)30(27)37(33,34)21-17-15-19(2)16-18-21/h7-11,13-18,26-27H,5-6,12H2,1-4H3/t26-,27+,30?/m0/s1. The Kier molecular flexibility index (Phi) is 7.80. The third-order valence-electron chi connectivity index (χ3n) is 6.75. The molecule has 8 heteroatoms. The molecule has 1 heterocycles. The molecule has 0 N–H and O–H groups in total. The zero-order chi connectivity index (χ0) is 26.7. The number of unbranched alkanes of at least 4 members (excludes halogenated alkanes) is 1. The lowest BCUT2D eigenvalue weighted by molar-refractivity contribution is -0.144. The van der Waals surface area contributed by atoms with E-state index in [0.717, 1.165) is 28.3 Å². The zero-order valence-corrected chi connectivity index (χ0v) is 22.2. The molecular formula is C29H31NO6S. The molecule has 0 aliphatic carbocycles. The van der Waals surface area contributed by atoms with Crippen LogP contribution in [0.2, 0.25) is 0 Å². The summed E-state index contributed by atoms with van der Waals surface area (Å²) in [5.74, 6) is -1.68. The smallest absolute Gasteiger partial charge is 0.345 e. The number of benzene rings is 3. The number of carbonyl (C=O) groups is 2. The van der Waals surface area contributed by atoms with Crippen molar-refractivity contribution in [2.24, 2.45) is 0 Å². The van der Waals surface area contributed by atoms with Gasteiger partial charge in [0.05, 0.1) is 31.2 Å². The largest absolute Gasteiger partial charge is 0.465 e. The molecule has 1 saturated heterocycles. The van der Waals surface area contributed by atoms with Gasteiger partial charge in [0.2, 0.25) is 10.0 Å². The van der Waals surface area contributed by atoms with Crippen molar-refractivity contribution in [2.45, 2.75) is 50.1 Å². The van der Waals surface area contributed by atoms with Crippen molar-refractivity contribution in [3.05, 3.63) is 89.0 Å². The van der Waals surface area contributed by atoms with Crippen molar-refractivity contribution in [3.8, 4) is 0 Å². The van der Waals surface area contributed by atoms with Crippen LogP contribution < -0.4 is 0 Å². The molecule has 0 saturated carbocycles. The highest BCUT2D eigenvalue weighted by Gasteiger charge is 2.59. The molecule has 0 bridgehead atoms. The molecule has 1 aliphatic heterocycles. The first-order valence-electron chi connectivity index (χ1n) is 12.2. The fraction of sp³-hybridized carbons (Fsp3) is 0.310. The van der Waals surface area contributed by atoms with Gasteiger partial charge in [-0.05, 0) is 53.8 Å². The normalized spacial score (nSPS) is 18.8. The molecule has 7 nitrogen and oxygen atoms in total. The van der Waals surface area contributed by atoms with Crippen LogP contribution in [-0.4, -0.2) is 44.9 Å². The van der Waals surface area contributed by atoms with E-state index in [1.165, 1.54) is 18.5 Å². The number of rotatable bonds is 9. The Hall–Kier alpha value is -3.49. The van der Waals surface area contributed by atoms with E-state index in [1.54, 1.807) is 24.3 Å². The van der Waals surface area contributed by atoms with Gasteiger partial charge in [0.25, 0.3) is 0 Å². The Morgan fingerprint density at radius 2 is 1.51 bits per heavy atom. The molecule has 1 fully saturated rings. The number of sulfonamides is 1. The topological polar surface area (TPSA) is 89.8 Å². The quantitative estimate of drug-likeness (QED) is 0.128. The van der Waals surface area contributed by atoms with Crippen LogP contribution in [0.1, 0.15) is 43.4 Å². The van der Waals surface area contributed by atoms with E-state index >= 15 is 0 Å². The predicted molar refractivity (Wildman–Crippen MR) is 141 cm³/mol. The average Bonchev–Trinajstić information content (AvgIpc) is 3.66. The van der Waals surface area contributed by atoms with Crippen LogP contribution in [0.4, 0.5) is 0 Å². The van der Waals surface area contributed by atoms with Crippen LogP contribution in [-0.2, 0) is 29.1 Å². The summed E-state index contributed by atoms with van der Waals surface area (Å²) in [7, 11) is -1.59. The van der Waals surface area contributed by atoms with Crippen molar-refractivity contribution in [2.75, 3.05) is 14.2 Å². The van der Waals surface area contributed by atoms with Gasteiger partial charge in [0.15, 0.2) is 0 Å². The average molecular weight is 522 g/mol. The minimum absolute atomic E-state index is 0.151. The van der Waals surface area contributed by atoms with Crippen LogP contribution in [0.5, 0.6) is 0 Å². The maximum atomic E-state index is 14.0. The lowest BCUT2D eigenvalue weighted by Gasteiger charge is -2.13. The van der Waals surface area contributed by atoms with Crippen LogP contribution in [0, 0.1) is 6.92 Å². The molecule has 3 aromatic carbocycles. The van der Waals surface area contributed by atoms with Gasteiger partial charge in [-0.2, -0.15) is 4.31 Å². The van der Waals surface area contributed by atoms with Gasteiger partial charge in [-0.3, -0.25) is 0 Å². The van der Waals surface area contributed by atoms with Gasteiger partial charge in [0.1, 0.15) is 5.57 Å². The molecule has 37 heavy (non-hydrogen) atoms. The summed E-state index contributed by atoms with van der Waals surface area (Å²) in [6, 6.07) is 18.8. The molecular weight excluding hydrogens is 490 g/mol. The molecule has 3 atom stereocenters. The second-order valence-electron chi connectivity index (χ2n) is 9.09. The summed E-state index contributed by atoms with van der Waals surface area (Å²) in [6.45, 7) is 3.88. The Morgan fingerprint density at radius 1 is 0.892 bits per heavy atom. The third kappa shape index (κ3) is 5.04. The Labute approximate surface area is 217 Å². The third-order valence-corrected chi connectivity index (χ3v) is 8.63. The van der Waals surface area contributed by atoms with Crippen LogP contribution in [0.15, 0.2) is 82.8 Å². The minimum Gasteiger partial charge on any atom is -0.465 e. The number of nitrogens with zero attached hydrogens (tertiary/aromatic N) is 1. The lowest BCUT2D eigenvalue weighted by atomic mass is 9.93. The fourth-order valence-electron chi connectivity index (χ4n) is 4.84. The number of hydrogen-bond donors (Lipinski definition) is 0. The van der Waals surface area contributed by atoms with Crippen molar-refractivity contribution in [1.29, 1.82) is 0 Å². The first kappa shape index (κ1) is 26.6. The van der Waals surface area contributed by atoms with Crippen molar-refractivity contribution in [1.82, 2.24) is 4.31 Å². The summed E-state index contributed by atoms with van der Waals surface area (Å²) in [6.07, 6.45) is 1.79. The molecule has 194 valence electrons. The van der Waals surface area contributed by atoms with Gasteiger partial charge in [-0.1, -0.05) is 73.5 Å². The van der Waals surface area contributed by atoms with E-state index < -0.39 is 34.0 Å². The van der Waals surface area contributed by atoms with Crippen LogP contribution in [0.25, 0.3) is 10.8 Å². The number of aryl methyl sites for hydroxylation is 1. The van der Waals surface area contributed by atoms with Crippen molar-refractivity contribution >= 4 is 32.7 Å². The molecule has 1 aliphatic rings. The molecule has 0 amide bonds. The first-order valence-corrected chi connectivity index (χ1v) is 13.7. The second-order valence-corrected chi connectivity index (χ2v) is 10.9. The van der Waals surface area contributed by atoms with Crippen LogP contribution >= 0.6 is 0 Å². The molecule has 1 unspecified atom stereocenters. The molecule has 3 aromatic rings. The Balaban J connectivity index is 1.96. The highest BCUT2D eigenvalue weighted by atomic mass is 32.2.